The fraction of sp³-hybridized carbons (Fsp3) is 0.211. The van der Waals surface area contributed by atoms with Crippen LogP contribution in [0, 0.1) is 5.92 Å². The summed E-state index contributed by atoms with van der Waals surface area (Å²) in [6.45, 7) is 0.416. The minimum Gasteiger partial charge on any atom is -0.457 e. The number of likely N-dealkylation sites (N-methyl/N-ethyl adjacent to an activating group) is 1. The fourth-order valence-electron chi connectivity index (χ4n) is 2.59. The van der Waals surface area contributed by atoms with Crippen LogP contribution >= 0.6 is 0 Å². The zero-order valence-corrected chi connectivity index (χ0v) is 13.8. The van der Waals surface area contributed by atoms with Crippen molar-refractivity contribution in [1.82, 2.24) is 10.2 Å². The van der Waals surface area contributed by atoms with Crippen LogP contribution in [-0.2, 0) is 20.9 Å². The first-order valence-corrected chi connectivity index (χ1v) is 7.93. The molecule has 3 rings (SSSR count). The highest BCUT2D eigenvalue weighted by atomic mass is 16.5. The van der Waals surface area contributed by atoms with Gasteiger partial charge in [0.15, 0.2) is 0 Å². The summed E-state index contributed by atoms with van der Waals surface area (Å²) in [6, 6.07) is 16.7. The Morgan fingerprint density at radius 2 is 1.72 bits per heavy atom. The van der Waals surface area contributed by atoms with Gasteiger partial charge in [0.2, 0.25) is 11.7 Å². The monoisotopic (exact) mass is 338 g/mol. The summed E-state index contributed by atoms with van der Waals surface area (Å²) in [5.41, 5.74) is 0.874. The Morgan fingerprint density at radius 1 is 1.08 bits per heavy atom. The van der Waals surface area contributed by atoms with Gasteiger partial charge in [-0.05, 0) is 29.8 Å². The van der Waals surface area contributed by atoms with E-state index in [-0.39, 0.29) is 13.1 Å². The number of ketones is 1. The number of hydrogen-bond donors (Lipinski definition) is 1. The molecule has 1 saturated heterocycles. The van der Waals surface area contributed by atoms with Crippen LogP contribution in [0.5, 0.6) is 11.5 Å². The van der Waals surface area contributed by atoms with E-state index < -0.39 is 23.5 Å². The van der Waals surface area contributed by atoms with Gasteiger partial charge in [0.05, 0.1) is 0 Å². The molecule has 128 valence electrons. The van der Waals surface area contributed by atoms with E-state index in [1.54, 1.807) is 0 Å². The maximum Gasteiger partial charge on any atom is 0.290 e. The molecule has 6 heteroatoms. The van der Waals surface area contributed by atoms with Crippen LogP contribution in [0.2, 0.25) is 0 Å². The molecular formula is C19H18N2O4. The minimum absolute atomic E-state index is 0.132. The molecule has 0 radical (unpaired) electrons. The molecule has 6 nitrogen and oxygen atoms in total. The lowest BCUT2D eigenvalue weighted by atomic mass is 10.1. The number of carbonyl (C=O) groups excluding carboxylic acids is 3. The van der Waals surface area contributed by atoms with E-state index >= 15 is 0 Å². The third-order valence-corrected chi connectivity index (χ3v) is 4.02. The van der Waals surface area contributed by atoms with Crippen LogP contribution in [-0.4, -0.2) is 36.1 Å². The average Bonchev–Trinajstić information content (AvgIpc) is 2.89. The van der Waals surface area contributed by atoms with Crippen molar-refractivity contribution in [2.24, 2.45) is 5.92 Å². The third-order valence-electron chi connectivity index (χ3n) is 4.02. The topological polar surface area (TPSA) is 75.7 Å². The summed E-state index contributed by atoms with van der Waals surface area (Å²) in [6.07, 6.45) is 0. The predicted octanol–water partition coefficient (Wildman–Crippen LogP) is 1.75. The standard InChI is InChI=1S/C19H18N2O4/c1-21-12-16(17(22)19(21)24)18(23)20-11-13-7-9-15(10-8-13)25-14-5-3-2-4-6-14/h2-10,16H,11-12H2,1H3,(H,20,23). The van der Waals surface area contributed by atoms with Crippen molar-refractivity contribution in [3.8, 4) is 11.5 Å². The zero-order valence-electron chi connectivity index (χ0n) is 13.8. The summed E-state index contributed by atoms with van der Waals surface area (Å²) in [5.74, 6) is -1.16. The van der Waals surface area contributed by atoms with E-state index in [0.717, 1.165) is 11.3 Å². The molecule has 1 heterocycles. The number of hydrogen-bond acceptors (Lipinski definition) is 4. The highest BCUT2D eigenvalue weighted by Crippen LogP contribution is 2.21. The molecule has 0 aromatic heterocycles. The molecule has 2 amide bonds. The van der Waals surface area contributed by atoms with E-state index in [1.165, 1.54) is 11.9 Å². The van der Waals surface area contributed by atoms with Crippen molar-refractivity contribution in [1.29, 1.82) is 0 Å². The van der Waals surface area contributed by atoms with Gasteiger partial charge in [0, 0.05) is 20.1 Å². The maximum absolute atomic E-state index is 12.1. The quantitative estimate of drug-likeness (QED) is 0.666. The Balaban J connectivity index is 1.54. The Bertz CT molecular complexity index is 787. The lowest BCUT2D eigenvalue weighted by Crippen LogP contribution is -2.35. The first kappa shape index (κ1) is 16.7. The summed E-state index contributed by atoms with van der Waals surface area (Å²) in [7, 11) is 1.51. The summed E-state index contributed by atoms with van der Waals surface area (Å²) in [4.78, 5) is 36.5. The van der Waals surface area contributed by atoms with Crippen LogP contribution in [0.4, 0.5) is 0 Å². The van der Waals surface area contributed by atoms with Crippen LogP contribution in [0.3, 0.4) is 0 Å². The highest BCUT2D eigenvalue weighted by molar-refractivity contribution is 6.42. The van der Waals surface area contributed by atoms with Gasteiger partial charge >= 0.3 is 0 Å². The number of nitrogens with zero attached hydrogens (tertiary/aromatic N) is 1. The molecule has 25 heavy (non-hydrogen) atoms. The molecule has 0 saturated carbocycles. The molecule has 2 aromatic rings. The van der Waals surface area contributed by atoms with Crippen molar-refractivity contribution >= 4 is 17.6 Å². The molecule has 1 fully saturated rings. The lowest BCUT2D eigenvalue weighted by Gasteiger charge is -2.10. The lowest BCUT2D eigenvalue weighted by molar-refractivity contribution is -0.142. The molecule has 1 atom stereocenters. The number of ether oxygens (including phenoxy) is 1. The smallest absolute Gasteiger partial charge is 0.290 e. The number of para-hydroxylation sites is 1. The van der Waals surface area contributed by atoms with Crippen LogP contribution < -0.4 is 10.1 Å². The average molecular weight is 338 g/mol. The van der Waals surface area contributed by atoms with Gasteiger partial charge in [0.25, 0.3) is 5.91 Å². The molecule has 1 aliphatic heterocycles. The Kier molecular flexibility index (Phi) is 4.79. The van der Waals surface area contributed by atoms with Crippen molar-refractivity contribution in [2.45, 2.75) is 6.54 Å². The fourth-order valence-corrected chi connectivity index (χ4v) is 2.59. The van der Waals surface area contributed by atoms with Crippen molar-refractivity contribution < 1.29 is 19.1 Å². The van der Waals surface area contributed by atoms with E-state index in [1.807, 2.05) is 54.6 Å². The van der Waals surface area contributed by atoms with Gasteiger partial charge in [-0.25, -0.2) is 0 Å². The highest BCUT2D eigenvalue weighted by Gasteiger charge is 2.41. The number of carbonyl (C=O) groups is 3. The van der Waals surface area contributed by atoms with Gasteiger partial charge < -0.3 is 15.0 Å². The number of benzene rings is 2. The van der Waals surface area contributed by atoms with Crippen LogP contribution in [0.1, 0.15) is 5.56 Å². The van der Waals surface area contributed by atoms with Gasteiger partial charge in [0.1, 0.15) is 17.4 Å². The molecule has 1 unspecified atom stereocenters. The second-order valence-corrected chi connectivity index (χ2v) is 5.88. The van der Waals surface area contributed by atoms with Crippen molar-refractivity contribution in [3.05, 3.63) is 60.2 Å². The third kappa shape index (κ3) is 3.85. The molecule has 0 aliphatic carbocycles. The second-order valence-electron chi connectivity index (χ2n) is 5.88. The maximum atomic E-state index is 12.1. The Hall–Kier alpha value is -3.15. The number of rotatable bonds is 5. The number of nitrogens with one attached hydrogen (secondary N) is 1. The van der Waals surface area contributed by atoms with Crippen LogP contribution in [0.15, 0.2) is 54.6 Å². The van der Waals surface area contributed by atoms with Gasteiger partial charge in [-0.3, -0.25) is 14.4 Å². The molecule has 2 aromatic carbocycles. The molecular weight excluding hydrogens is 320 g/mol. The molecule has 0 bridgehead atoms. The Labute approximate surface area is 145 Å². The number of amides is 2. The van der Waals surface area contributed by atoms with Crippen LogP contribution in [0.25, 0.3) is 0 Å². The molecule has 1 N–H and O–H groups in total. The number of Topliss-reactive ketones (excluding diaryl/α,β-unsaturated/α-hetero) is 1. The van der Waals surface area contributed by atoms with E-state index in [4.69, 9.17) is 4.74 Å². The first-order valence-electron chi connectivity index (χ1n) is 7.93. The summed E-state index contributed by atoms with van der Waals surface area (Å²) in [5, 5.41) is 2.70. The predicted molar refractivity (Wildman–Crippen MR) is 90.9 cm³/mol. The van der Waals surface area contributed by atoms with Gasteiger partial charge in [-0.15, -0.1) is 0 Å². The SMILES string of the molecule is CN1CC(C(=O)NCc2ccc(Oc3ccccc3)cc2)C(=O)C1=O. The Morgan fingerprint density at radius 3 is 2.32 bits per heavy atom. The summed E-state index contributed by atoms with van der Waals surface area (Å²) >= 11 is 0. The van der Waals surface area contributed by atoms with Gasteiger partial charge in [-0.1, -0.05) is 30.3 Å². The normalized spacial score (nSPS) is 16.8. The van der Waals surface area contributed by atoms with E-state index in [0.29, 0.717) is 5.75 Å². The summed E-state index contributed by atoms with van der Waals surface area (Å²) < 4.78 is 5.70. The second kappa shape index (κ2) is 7.17. The van der Waals surface area contributed by atoms with Crippen molar-refractivity contribution in [2.75, 3.05) is 13.6 Å². The van der Waals surface area contributed by atoms with E-state index in [9.17, 15) is 14.4 Å². The molecule has 1 aliphatic rings. The largest absolute Gasteiger partial charge is 0.457 e. The van der Waals surface area contributed by atoms with E-state index in [2.05, 4.69) is 5.32 Å². The zero-order chi connectivity index (χ0) is 17.8. The van der Waals surface area contributed by atoms with Crippen molar-refractivity contribution in [3.63, 3.8) is 0 Å². The van der Waals surface area contributed by atoms with Gasteiger partial charge in [-0.2, -0.15) is 0 Å². The number of likely N-dealkylation sites (tertiary alicyclic amines) is 1. The molecule has 0 spiro atoms. The minimum atomic E-state index is -0.918. The first-order chi connectivity index (χ1) is 12.0.